The number of carbonyl (C=O) groups excluding carboxylic acids is 1. The van der Waals surface area contributed by atoms with E-state index in [4.69, 9.17) is 4.98 Å². The van der Waals surface area contributed by atoms with Gasteiger partial charge in [0.05, 0.1) is 17.5 Å². The smallest absolute Gasteiger partial charge is 0.336 e. The summed E-state index contributed by atoms with van der Waals surface area (Å²) in [4.78, 5) is 35.1. The lowest BCUT2D eigenvalue weighted by molar-refractivity contribution is -0.115. The lowest BCUT2D eigenvalue weighted by Crippen LogP contribution is -2.47. The number of thiophene rings is 1. The van der Waals surface area contributed by atoms with Crippen molar-refractivity contribution in [3.63, 3.8) is 0 Å². The first-order valence-corrected chi connectivity index (χ1v) is 12.9. The van der Waals surface area contributed by atoms with E-state index >= 15 is 0 Å². The molecule has 0 saturated carbocycles. The predicted octanol–water partition coefficient (Wildman–Crippen LogP) is 4.63. The number of amides is 1. The molecule has 2 aromatic heterocycles. The number of aromatic carboxylic acids is 1. The molecule has 2 aliphatic rings. The first-order chi connectivity index (χ1) is 16.6. The van der Waals surface area contributed by atoms with Crippen LogP contribution in [0.2, 0.25) is 0 Å². The van der Waals surface area contributed by atoms with Gasteiger partial charge in [-0.05, 0) is 74.5 Å². The number of carboxylic acids is 1. The molecule has 2 N–H and O–H groups in total. The highest BCUT2D eigenvalue weighted by Crippen LogP contribution is 2.29. The van der Waals surface area contributed by atoms with Crippen LogP contribution in [0.15, 0.2) is 41.8 Å². The standard InChI is InChI=1S/C26H30N4O3S/c31-25(16-20-5-4-14-34-20)27-18-6-7-23-21(15-18)22(26(32)33)17-24(28-23)30-12-8-19(9-13-30)29-10-2-1-3-11-29/h4-7,14-15,17,19H,1-3,8-13,16H2,(H,27,31)(H,32,33). The summed E-state index contributed by atoms with van der Waals surface area (Å²) in [6, 6.07) is 11.5. The molecule has 4 heterocycles. The number of carboxylic acid groups (broad SMARTS) is 1. The average Bonchev–Trinajstić information content (AvgIpc) is 3.37. The Kier molecular flexibility index (Phi) is 6.78. The number of benzene rings is 1. The molecule has 0 unspecified atom stereocenters. The number of pyridine rings is 1. The summed E-state index contributed by atoms with van der Waals surface area (Å²) >= 11 is 1.54. The highest BCUT2D eigenvalue weighted by Gasteiger charge is 2.27. The zero-order chi connectivity index (χ0) is 23.5. The monoisotopic (exact) mass is 478 g/mol. The minimum Gasteiger partial charge on any atom is -0.478 e. The molecular weight excluding hydrogens is 448 g/mol. The molecule has 2 aliphatic heterocycles. The van der Waals surface area contributed by atoms with E-state index in [9.17, 15) is 14.7 Å². The van der Waals surface area contributed by atoms with Gasteiger partial charge in [-0.25, -0.2) is 9.78 Å². The highest BCUT2D eigenvalue weighted by atomic mass is 32.1. The number of carbonyl (C=O) groups is 2. The number of fused-ring (bicyclic) bond motifs is 1. The van der Waals surface area contributed by atoms with Crippen LogP contribution in [0.5, 0.6) is 0 Å². The van der Waals surface area contributed by atoms with Gasteiger partial charge >= 0.3 is 5.97 Å². The first-order valence-electron chi connectivity index (χ1n) is 12.1. The van der Waals surface area contributed by atoms with Gasteiger partial charge in [0.25, 0.3) is 0 Å². The van der Waals surface area contributed by atoms with Crippen molar-refractivity contribution in [2.45, 2.75) is 44.6 Å². The third-order valence-corrected chi connectivity index (χ3v) is 7.80. The van der Waals surface area contributed by atoms with Crippen LogP contribution < -0.4 is 10.2 Å². The Bertz CT molecular complexity index is 1170. The van der Waals surface area contributed by atoms with E-state index in [0.29, 0.717) is 29.1 Å². The molecule has 3 aromatic rings. The number of hydrogen-bond donors (Lipinski definition) is 2. The van der Waals surface area contributed by atoms with E-state index < -0.39 is 5.97 Å². The van der Waals surface area contributed by atoms with Crippen LogP contribution in [-0.4, -0.2) is 59.1 Å². The van der Waals surface area contributed by atoms with Crippen LogP contribution in [-0.2, 0) is 11.2 Å². The molecule has 0 radical (unpaired) electrons. The maximum atomic E-state index is 12.4. The molecule has 8 heteroatoms. The molecular formula is C26H30N4O3S. The number of piperidine rings is 2. The summed E-state index contributed by atoms with van der Waals surface area (Å²) in [5.74, 6) is -0.393. The zero-order valence-electron chi connectivity index (χ0n) is 19.2. The molecule has 1 aromatic carbocycles. The number of aromatic nitrogens is 1. The van der Waals surface area contributed by atoms with Crippen molar-refractivity contribution in [3.05, 3.63) is 52.2 Å². The second kappa shape index (κ2) is 10.1. The lowest BCUT2D eigenvalue weighted by Gasteiger charge is -2.40. The number of likely N-dealkylation sites (tertiary alicyclic amines) is 1. The highest BCUT2D eigenvalue weighted by molar-refractivity contribution is 7.10. The van der Waals surface area contributed by atoms with E-state index in [1.807, 2.05) is 17.5 Å². The Morgan fingerprint density at radius 2 is 1.85 bits per heavy atom. The van der Waals surface area contributed by atoms with Gasteiger partial charge in [0.2, 0.25) is 5.91 Å². The van der Waals surface area contributed by atoms with Gasteiger partial charge in [-0.2, -0.15) is 0 Å². The molecule has 0 spiro atoms. The van der Waals surface area contributed by atoms with Crippen LogP contribution >= 0.6 is 11.3 Å². The average molecular weight is 479 g/mol. The molecule has 5 rings (SSSR count). The van der Waals surface area contributed by atoms with Gasteiger partial charge in [-0.15, -0.1) is 11.3 Å². The number of anilines is 2. The van der Waals surface area contributed by atoms with Gasteiger partial charge in [0.1, 0.15) is 5.82 Å². The molecule has 2 fully saturated rings. The molecule has 2 saturated heterocycles. The van der Waals surface area contributed by atoms with E-state index in [2.05, 4.69) is 15.1 Å². The number of rotatable bonds is 6. The molecule has 1 amide bonds. The van der Waals surface area contributed by atoms with E-state index in [1.54, 1.807) is 24.3 Å². The van der Waals surface area contributed by atoms with Crippen molar-refractivity contribution >= 4 is 45.6 Å². The topological polar surface area (TPSA) is 85.8 Å². The van der Waals surface area contributed by atoms with Crippen LogP contribution in [0.25, 0.3) is 10.9 Å². The molecule has 178 valence electrons. The number of nitrogens with zero attached hydrogens (tertiary/aromatic N) is 3. The van der Waals surface area contributed by atoms with Crippen LogP contribution in [0, 0.1) is 0 Å². The van der Waals surface area contributed by atoms with E-state index in [0.717, 1.165) is 36.6 Å². The Morgan fingerprint density at radius 1 is 1.06 bits per heavy atom. The Labute approximate surface area is 203 Å². The lowest BCUT2D eigenvalue weighted by atomic mass is 9.99. The van der Waals surface area contributed by atoms with Crippen LogP contribution in [0.1, 0.15) is 47.3 Å². The van der Waals surface area contributed by atoms with Crippen molar-refractivity contribution in [1.82, 2.24) is 9.88 Å². The van der Waals surface area contributed by atoms with Crippen LogP contribution in [0.4, 0.5) is 11.5 Å². The third-order valence-electron chi connectivity index (χ3n) is 6.92. The van der Waals surface area contributed by atoms with Gasteiger partial charge in [-0.3, -0.25) is 4.79 Å². The second-order valence-corrected chi connectivity index (χ2v) is 10.2. The molecule has 0 aliphatic carbocycles. The number of hydrogen-bond acceptors (Lipinski definition) is 6. The maximum Gasteiger partial charge on any atom is 0.336 e. The van der Waals surface area contributed by atoms with Crippen molar-refractivity contribution < 1.29 is 14.7 Å². The van der Waals surface area contributed by atoms with Crippen molar-refractivity contribution in [2.75, 3.05) is 36.4 Å². The van der Waals surface area contributed by atoms with Gasteiger partial charge < -0.3 is 20.2 Å². The third kappa shape index (κ3) is 5.08. The predicted molar refractivity (Wildman–Crippen MR) is 136 cm³/mol. The Morgan fingerprint density at radius 3 is 2.56 bits per heavy atom. The number of nitrogens with one attached hydrogen (secondary N) is 1. The van der Waals surface area contributed by atoms with Crippen LogP contribution in [0.3, 0.4) is 0 Å². The fourth-order valence-corrected chi connectivity index (χ4v) is 5.85. The first kappa shape index (κ1) is 22.8. The summed E-state index contributed by atoms with van der Waals surface area (Å²) in [7, 11) is 0. The fraction of sp³-hybridized carbons (Fsp3) is 0.423. The maximum absolute atomic E-state index is 12.4. The van der Waals surface area contributed by atoms with Crippen molar-refractivity contribution in [1.29, 1.82) is 0 Å². The normalized spacial score (nSPS) is 17.7. The summed E-state index contributed by atoms with van der Waals surface area (Å²) in [6.07, 6.45) is 6.39. The summed E-state index contributed by atoms with van der Waals surface area (Å²) in [5.41, 5.74) is 1.42. The largest absolute Gasteiger partial charge is 0.478 e. The molecule has 0 bridgehead atoms. The van der Waals surface area contributed by atoms with Gasteiger partial charge in [0, 0.05) is 35.1 Å². The fourth-order valence-electron chi connectivity index (χ4n) is 5.15. The van der Waals surface area contributed by atoms with E-state index in [-0.39, 0.29) is 11.5 Å². The Hall–Kier alpha value is -2.97. The quantitative estimate of drug-likeness (QED) is 0.537. The molecule has 7 nitrogen and oxygen atoms in total. The Balaban J connectivity index is 1.32. The summed E-state index contributed by atoms with van der Waals surface area (Å²) in [6.45, 7) is 4.17. The van der Waals surface area contributed by atoms with Gasteiger partial charge in [-0.1, -0.05) is 12.5 Å². The SMILES string of the molecule is O=C(Cc1cccs1)Nc1ccc2nc(N3CCC(N4CCCCC4)CC3)cc(C(=O)O)c2c1. The summed E-state index contributed by atoms with van der Waals surface area (Å²) < 4.78 is 0. The van der Waals surface area contributed by atoms with Crippen molar-refractivity contribution in [2.24, 2.45) is 0 Å². The minimum absolute atomic E-state index is 0.125. The van der Waals surface area contributed by atoms with Crippen molar-refractivity contribution in [3.8, 4) is 0 Å². The zero-order valence-corrected chi connectivity index (χ0v) is 20.0. The second-order valence-electron chi connectivity index (χ2n) is 9.18. The molecule has 0 atom stereocenters. The van der Waals surface area contributed by atoms with Gasteiger partial charge in [0.15, 0.2) is 0 Å². The minimum atomic E-state index is -0.987. The van der Waals surface area contributed by atoms with E-state index in [1.165, 1.54) is 43.7 Å². The molecule has 34 heavy (non-hydrogen) atoms. The summed E-state index contributed by atoms with van der Waals surface area (Å²) in [5, 5.41) is 15.3.